The van der Waals surface area contributed by atoms with Crippen molar-refractivity contribution < 1.29 is 4.39 Å². The molecule has 3 aromatic rings. The molecular formula is C21H24FN5. The second-order valence-corrected chi connectivity index (χ2v) is 6.70. The van der Waals surface area contributed by atoms with Gasteiger partial charge in [0.15, 0.2) is 0 Å². The minimum absolute atomic E-state index is 0.256. The molecule has 0 amide bonds. The van der Waals surface area contributed by atoms with Crippen molar-refractivity contribution in [2.75, 3.05) is 44.4 Å². The monoisotopic (exact) mass is 365 g/mol. The summed E-state index contributed by atoms with van der Waals surface area (Å²) in [6.07, 6.45) is 3.46. The Kier molecular flexibility index (Phi) is 5.98. The highest BCUT2D eigenvalue weighted by Gasteiger charge is 2.04. The van der Waals surface area contributed by atoms with Crippen molar-refractivity contribution in [1.82, 2.24) is 14.9 Å². The summed E-state index contributed by atoms with van der Waals surface area (Å²) in [6, 6.07) is 14.5. The molecular weight excluding hydrogens is 341 g/mol. The highest BCUT2D eigenvalue weighted by molar-refractivity contribution is 5.63. The van der Waals surface area contributed by atoms with Gasteiger partial charge in [-0.25, -0.2) is 14.4 Å². The predicted octanol–water partition coefficient (Wildman–Crippen LogP) is 4.02. The molecule has 1 N–H and O–H groups in total. The van der Waals surface area contributed by atoms with Gasteiger partial charge in [0.05, 0.1) is 0 Å². The van der Waals surface area contributed by atoms with Crippen LogP contribution in [0.4, 0.5) is 21.7 Å². The van der Waals surface area contributed by atoms with E-state index in [1.807, 2.05) is 12.1 Å². The Bertz CT molecular complexity index is 845. The normalized spacial score (nSPS) is 10.9. The lowest BCUT2D eigenvalue weighted by Gasteiger charge is -2.21. The zero-order valence-electron chi connectivity index (χ0n) is 15.9. The van der Waals surface area contributed by atoms with E-state index in [4.69, 9.17) is 0 Å². The van der Waals surface area contributed by atoms with Gasteiger partial charge in [-0.2, -0.15) is 0 Å². The molecule has 27 heavy (non-hydrogen) atoms. The van der Waals surface area contributed by atoms with Crippen LogP contribution in [0.15, 0.2) is 60.9 Å². The molecule has 6 heteroatoms. The zero-order valence-corrected chi connectivity index (χ0v) is 15.9. The van der Waals surface area contributed by atoms with Gasteiger partial charge in [0.2, 0.25) is 5.95 Å². The SMILES string of the molecule is CN(C)CCN(C)c1ccc(Nc2ncc(-c3ccc(F)cc3)cn2)cc1. The van der Waals surface area contributed by atoms with E-state index in [9.17, 15) is 4.39 Å². The number of benzene rings is 2. The molecule has 0 saturated carbocycles. The number of hydrogen-bond donors (Lipinski definition) is 1. The molecule has 0 radical (unpaired) electrons. The summed E-state index contributed by atoms with van der Waals surface area (Å²) in [4.78, 5) is 13.1. The average molecular weight is 365 g/mol. The lowest BCUT2D eigenvalue weighted by molar-refractivity contribution is 0.416. The lowest BCUT2D eigenvalue weighted by Crippen LogP contribution is -2.28. The molecule has 3 rings (SSSR count). The van der Waals surface area contributed by atoms with Crippen LogP contribution in [0.25, 0.3) is 11.1 Å². The second-order valence-electron chi connectivity index (χ2n) is 6.70. The number of rotatable bonds is 7. The van der Waals surface area contributed by atoms with Gasteiger partial charge in [0.25, 0.3) is 0 Å². The van der Waals surface area contributed by atoms with E-state index in [0.29, 0.717) is 5.95 Å². The largest absolute Gasteiger partial charge is 0.373 e. The summed E-state index contributed by atoms with van der Waals surface area (Å²) in [5.41, 5.74) is 3.82. The Morgan fingerprint density at radius 2 is 1.44 bits per heavy atom. The van der Waals surface area contributed by atoms with E-state index >= 15 is 0 Å². The second kappa shape index (κ2) is 8.60. The van der Waals surface area contributed by atoms with Crippen LogP contribution >= 0.6 is 0 Å². The summed E-state index contributed by atoms with van der Waals surface area (Å²) in [6.45, 7) is 1.97. The molecule has 0 aliphatic carbocycles. The Morgan fingerprint density at radius 3 is 2.04 bits per heavy atom. The van der Waals surface area contributed by atoms with Crippen LogP contribution in [-0.4, -0.2) is 49.1 Å². The number of halogens is 1. The van der Waals surface area contributed by atoms with Crippen LogP contribution in [0.3, 0.4) is 0 Å². The molecule has 0 fully saturated rings. The van der Waals surface area contributed by atoms with Gasteiger partial charge in [0, 0.05) is 49.5 Å². The van der Waals surface area contributed by atoms with Gasteiger partial charge in [-0.1, -0.05) is 12.1 Å². The fourth-order valence-corrected chi connectivity index (χ4v) is 2.59. The van der Waals surface area contributed by atoms with Gasteiger partial charge in [-0.05, 0) is 56.1 Å². The molecule has 5 nitrogen and oxygen atoms in total. The molecule has 2 aromatic carbocycles. The molecule has 1 aromatic heterocycles. The van der Waals surface area contributed by atoms with Gasteiger partial charge < -0.3 is 15.1 Å². The van der Waals surface area contributed by atoms with E-state index in [2.05, 4.69) is 58.4 Å². The van der Waals surface area contributed by atoms with E-state index in [1.54, 1.807) is 24.5 Å². The highest BCUT2D eigenvalue weighted by atomic mass is 19.1. The van der Waals surface area contributed by atoms with Crippen LogP contribution in [0.5, 0.6) is 0 Å². The average Bonchev–Trinajstić information content (AvgIpc) is 2.68. The Balaban J connectivity index is 1.62. The van der Waals surface area contributed by atoms with Gasteiger partial charge >= 0.3 is 0 Å². The van der Waals surface area contributed by atoms with Crippen molar-refractivity contribution in [2.45, 2.75) is 0 Å². The van der Waals surface area contributed by atoms with Crippen LogP contribution in [0.1, 0.15) is 0 Å². The Morgan fingerprint density at radius 1 is 0.815 bits per heavy atom. The summed E-state index contributed by atoms with van der Waals surface area (Å²) < 4.78 is 13.0. The zero-order chi connectivity index (χ0) is 19.2. The van der Waals surface area contributed by atoms with Crippen molar-refractivity contribution in [3.63, 3.8) is 0 Å². The molecule has 0 aliphatic heterocycles. The van der Waals surface area contributed by atoms with Crippen LogP contribution in [-0.2, 0) is 0 Å². The maximum absolute atomic E-state index is 13.0. The topological polar surface area (TPSA) is 44.3 Å². The van der Waals surface area contributed by atoms with Crippen molar-refractivity contribution >= 4 is 17.3 Å². The van der Waals surface area contributed by atoms with Gasteiger partial charge in [-0.3, -0.25) is 0 Å². The number of nitrogens with zero attached hydrogens (tertiary/aromatic N) is 4. The maximum atomic E-state index is 13.0. The van der Waals surface area contributed by atoms with Crippen molar-refractivity contribution in [1.29, 1.82) is 0 Å². The summed E-state index contributed by atoms with van der Waals surface area (Å²) in [5.74, 6) is 0.267. The quantitative estimate of drug-likeness (QED) is 0.685. The highest BCUT2D eigenvalue weighted by Crippen LogP contribution is 2.21. The first-order valence-electron chi connectivity index (χ1n) is 8.82. The molecule has 0 unspecified atom stereocenters. The number of hydrogen-bond acceptors (Lipinski definition) is 5. The molecule has 0 saturated heterocycles. The maximum Gasteiger partial charge on any atom is 0.227 e. The first kappa shape index (κ1) is 18.8. The summed E-state index contributed by atoms with van der Waals surface area (Å²) in [7, 11) is 6.23. The summed E-state index contributed by atoms with van der Waals surface area (Å²) >= 11 is 0. The fourth-order valence-electron chi connectivity index (χ4n) is 2.59. The van der Waals surface area contributed by atoms with E-state index < -0.39 is 0 Å². The molecule has 140 valence electrons. The van der Waals surface area contributed by atoms with Gasteiger partial charge in [-0.15, -0.1) is 0 Å². The van der Waals surface area contributed by atoms with Crippen molar-refractivity contribution in [3.05, 3.63) is 66.7 Å². The molecule has 0 aliphatic rings. The molecule has 1 heterocycles. The van der Waals surface area contributed by atoms with E-state index in [0.717, 1.165) is 35.6 Å². The number of anilines is 3. The van der Waals surface area contributed by atoms with E-state index in [-0.39, 0.29) is 5.82 Å². The third-order valence-electron chi connectivity index (χ3n) is 4.28. The standard InChI is InChI=1S/C21H24FN5/c1-26(2)12-13-27(3)20-10-8-19(9-11-20)25-21-23-14-17(15-24-21)16-4-6-18(22)7-5-16/h4-11,14-15H,12-13H2,1-3H3,(H,23,24,25). The Labute approximate surface area is 159 Å². The first-order valence-corrected chi connectivity index (χ1v) is 8.82. The minimum atomic E-state index is -0.256. The third-order valence-corrected chi connectivity index (χ3v) is 4.28. The molecule has 0 atom stereocenters. The Hall–Kier alpha value is -2.99. The predicted molar refractivity (Wildman–Crippen MR) is 109 cm³/mol. The number of nitrogens with one attached hydrogen (secondary N) is 1. The van der Waals surface area contributed by atoms with Crippen molar-refractivity contribution in [3.8, 4) is 11.1 Å². The van der Waals surface area contributed by atoms with E-state index in [1.165, 1.54) is 12.1 Å². The molecule has 0 bridgehead atoms. The first-order chi connectivity index (χ1) is 13.0. The van der Waals surface area contributed by atoms with Crippen LogP contribution in [0, 0.1) is 5.82 Å². The molecule has 0 spiro atoms. The van der Waals surface area contributed by atoms with Crippen LogP contribution < -0.4 is 10.2 Å². The smallest absolute Gasteiger partial charge is 0.227 e. The number of likely N-dealkylation sites (N-methyl/N-ethyl adjacent to an activating group) is 2. The van der Waals surface area contributed by atoms with Crippen LogP contribution in [0.2, 0.25) is 0 Å². The minimum Gasteiger partial charge on any atom is -0.373 e. The van der Waals surface area contributed by atoms with Crippen molar-refractivity contribution in [2.24, 2.45) is 0 Å². The summed E-state index contributed by atoms with van der Waals surface area (Å²) in [5, 5.41) is 3.20. The third kappa shape index (κ3) is 5.24. The fraction of sp³-hybridized carbons (Fsp3) is 0.238. The van der Waals surface area contributed by atoms with Gasteiger partial charge in [0.1, 0.15) is 5.82 Å². The number of aromatic nitrogens is 2. The lowest BCUT2D eigenvalue weighted by atomic mass is 10.1.